The normalized spacial score (nSPS) is 11.9. The van der Waals surface area contributed by atoms with Crippen LogP contribution in [-0.4, -0.2) is 10.2 Å². The minimum Gasteiger partial charge on any atom is -0.414 e. The van der Waals surface area contributed by atoms with Gasteiger partial charge in [-0.2, -0.15) is 0 Å². The minimum atomic E-state index is -0.212. The van der Waals surface area contributed by atoms with Gasteiger partial charge in [-0.1, -0.05) is 41.6 Å². The van der Waals surface area contributed by atoms with Gasteiger partial charge in [-0.15, -0.1) is 22.6 Å². The van der Waals surface area contributed by atoms with Crippen molar-refractivity contribution in [1.29, 1.82) is 0 Å². The van der Waals surface area contributed by atoms with E-state index in [2.05, 4.69) is 35.3 Å². The maximum Gasteiger partial charge on any atom is 0.276 e. The van der Waals surface area contributed by atoms with Gasteiger partial charge in [0.25, 0.3) is 5.22 Å². The molecule has 18 heavy (non-hydrogen) atoms. The summed E-state index contributed by atoms with van der Waals surface area (Å²) in [6, 6.07) is 8.15. The highest BCUT2D eigenvalue weighted by Crippen LogP contribution is 2.22. The van der Waals surface area contributed by atoms with Crippen LogP contribution in [0.3, 0.4) is 0 Å². The highest BCUT2D eigenvalue weighted by atomic mass is 35.5. The molecule has 0 saturated carbocycles. The van der Waals surface area contributed by atoms with Crippen molar-refractivity contribution in [3.63, 3.8) is 0 Å². The maximum absolute atomic E-state index is 5.65. The standard InChI is InChI=1S/C12H15N3OS.ClH/c1-8-4-3-5-10(6-8)7-17-12-15-14-11(16-12)9(2)13;/h3-6,9H,7,13H2,1-2H3;1H. The maximum atomic E-state index is 5.65. The second-order valence-electron chi connectivity index (χ2n) is 3.97. The summed E-state index contributed by atoms with van der Waals surface area (Å²) in [5.74, 6) is 1.30. The van der Waals surface area contributed by atoms with Crippen LogP contribution in [0, 0.1) is 6.92 Å². The number of hydrogen-bond acceptors (Lipinski definition) is 5. The van der Waals surface area contributed by atoms with E-state index in [-0.39, 0.29) is 18.4 Å². The second-order valence-corrected chi connectivity index (χ2v) is 4.90. The number of thioether (sulfide) groups is 1. The number of nitrogens with two attached hydrogens (primary N) is 1. The van der Waals surface area contributed by atoms with Gasteiger partial charge in [0.2, 0.25) is 5.89 Å². The summed E-state index contributed by atoms with van der Waals surface area (Å²) < 4.78 is 5.41. The van der Waals surface area contributed by atoms with E-state index in [1.807, 2.05) is 13.0 Å². The third-order valence-corrected chi connectivity index (χ3v) is 3.15. The molecular weight excluding hydrogens is 270 g/mol. The van der Waals surface area contributed by atoms with Crippen LogP contribution in [0.5, 0.6) is 0 Å². The largest absolute Gasteiger partial charge is 0.414 e. The molecule has 98 valence electrons. The molecule has 0 radical (unpaired) electrons. The molecule has 2 N–H and O–H groups in total. The van der Waals surface area contributed by atoms with Gasteiger partial charge in [-0.05, 0) is 19.4 Å². The number of benzene rings is 1. The Bertz CT molecular complexity index is 502. The highest BCUT2D eigenvalue weighted by Gasteiger charge is 2.10. The van der Waals surface area contributed by atoms with Crippen molar-refractivity contribution in [2.75, 3.05) is 0 Å². The SMILES string of the molecule is Cc1cccc(CSc2nnc(C(C)N)o2)c1.Cl. The van der Waals surface area contributed by atoms with E-state index >= 15 is 0 Å². The topological polar surface area (TPSA) is 64.9 Å². The summed E-state index contributed by atoms with van der Waals surface area (Å²) in [6.45, 7) is 3.90. The van der Waals surface area contributed by atoms with Crippen molar-refractivity contribution >= 4 is 24.2 Å². The number of hydrogen-bond donors (Lipinski definition) is 1. The molecule has 2 aromatic rings. The molecule has 1 aromatic heterocycles. The summed E-state index contributed by atoms with van der Waals surface area (Å²) in [4.78, 5) is 0. The molecule has 0 aliphatic heterocycles. The Kier molecular flexibility index (Phi) is 5.65. The van der Waals surface area contributed by atoms with Crippen molar-refractivity contribution < 1.29 is 4.42 Å². The second kappa shape index (κ2) is 6.78. The van der Waals surface area contributed by atoms with Crippen LogP contribution in [0.2, 0.25) is 0 Å². The highest BCUT2D eigenvalue weighted by molar-refractivity contribution is 7.98. The van der Waals surface area contributed by atoms with Crippen LogP contribution in [0.4, 0.5) is 0 Å². The number of halogens is 1. The summed E-state index contributed by atoms with van der Waals surface area (Å²) in [5.41, 5.74) is 8.15. The van der Waals surface area contributed by atoms with Gasteiger partial charge in [0.1, 0.15) is 0 Å². The summed E-state index contributed by atoms with van der Waals surface area (Å²) in [6.07, 6.45) is 0. The molecule has 1 unspecified atom stereocenters. The third-order valence-electron chi connectivity index (χ3n) is 2.26. The monoisotopic (exact) mass is 285 g/mol. The van der Waals surface area contributed by atoms with Gasteiger partial charge in [0.05, 0.1) is 6.04 Å². The summed E-state index contributed by atoms with van der Waals surface area (Å²) in [7, 11) is 0. The fourth-order valence-corrected chi connectivity index (χ4v) is 2.12. The average Bonchev–Trinajstić information content (AvgIpc) is 2.75. The number of aromatic nitrogens is 2. The Morgan fingerprint density at radius 2 is 2.17 bits per heavy atom. The van der Waals surface area contributed by atoms with E-state index in [0.29, 0.717) is 11.1 Å². The Balaban J connectivity index is 0.00000162. The molecule has 0 spiro atoms. The fourth-order valence-electron chi connectivity index (χ4n) is 1.41. The lowest BCUT2D eigenvalue weighted by atomic mass is 10.2. The van der Waals surface area contributed by atoms with E-state index in [0.717, 1.165) is 5.75 Å². The van der Waals surface area contributed by atoms with Crippen LogP contribution in [0.15, 0.2) is 33.9 Å². The van der Waals surface area contributed by atoms with Crippen LogP contribution >= 0.6 is 24.2 Å². The Morgan fingerprint density at radius 3 is 2.78 bits per heavy atom. The Morgan fingerprint density at radius 1 is 1.39 bits per heavy atom. The first-order chi connectivity index (χ1) is 8.15. The number of rotatable bonds is 4. The Labute approximate surface area is 117 Å². The predicted octanol–water partition coefficient (Wildman–Crippen LogP) is 3.11. The van der Waals surface area contributed by atoms with Gasteiger partial charge >= 0.3 is 0 Å². The first kappa shape index (κ1) is 15.0. The quantitative estimate of drug-likeness (QED) is 0.875. The number of aryl methyl sites for hydroxylation is 1. The molecule has 6 heteroatoms. The minimum absolute atomic E-state index is 0. The molecule has 4 nitrogen and oxygen atoms in total. The van der Waals surface area contributed by atoms with E-state index < -0.39 is 0 Å². The van der Waals surface area contributed by atoms with Crippen molar-refractivity contribution in [3.05, 3.63) is 41.3 Å². The first-order valence-corrected chi connectivity index (χ1v) is 6.41. The molecule has 0 amide bonds. The van der Waals surface area contributed by atoms with Crippen molar-refractivity contribution in [2.24, 2.45) is 5.73 Å². The third kappa shape index (κ3) is 4.01. The molecular formula is C12H16ClN3OS. The van der Waals surface area contributed by atoms with Crippen LogP contribution in [0.25, 0.3) is 0 Å². The average molecular weight is 286 g/mol. The molecule has 1 atom stereocenters. The summed E-state index contributed by atoms with van der Waals surface area (Å²) >= 11 is 1.52. The fraction of sp³-hybridized carbons (Fsp3) is 0.333. The first-order valence-electron chi connectivity index (χ1n) is 5.42. The molecule has 0 fully saturated rings. The zero-order valence-electron chi connectivity index (χ0n) is 10.3. The molecule has 1 aromatic carbocycles. The van der Waals surface area contributed by atoms with E-state index in [4.69, 9.17) is 10.2 Å². The van der Waals surface area contributed by atoms with Crippen molar-refractivity contribution in [3.8, 4) is 0 Å². The molecule has 0 bridgehead atoms. The van der Waals surface area contributed by atoms with Gasteiger partial charge in [-0.25, -0.2) is 0 Å². The van der Waals surface area contributed by atoms with Gasteiger partial charge < -0.3 is 10.2 Å². The summed E-state index contributed by atoms with van der Waals surface area (Å²) in [5, 5.41) is 8.39. The lowest BCUT2D eigenvalue weighted by molar-refractivity contribution is 0.394. The van der Waals surface area contributed by atoms with Crippen LogP contribution in [-0.2, 0) is 5.75 Å². The zero-order chi connectivity index (χ0) is 12.3. The van der Waals surface area contributed by atoms with Crippen molar-refractivity contribution in [1.82, 2.24) is 10.2 Å². The van der Waals surface area contributed by atoms with Gasteiger partial charge in [0.15, 0.2) is 0 Å². The van der Waals surface area contributed by atoms with E-state index in [9.17, 15) is 0 Å². The Hall–Kier alpha value is -1.04. The lowest BCUT2D eigenvalue weighted by Crippen LogP contribution is -2.04. The lowest BCUT2D eigenvalue weighted by Gasteiger charge is -1.99. The smallest absolute Gasteiger partial charge is 0.276 e. The van der Waals surface area contributed by atoms with Gasteiger partial charge in [-0.3, -0.25) is 0 Å². The van der Waals surface area contributed by atoms with Gasteiger partial charge in [0, 0.05) is 5.75 Å². The van der Waals surface area contributed by atoms with E-state index in [1.165, 1.54) is 22.9 Å². The van der Waals surface area contributed by atoms with E-state index in [1.54, 1.807) is 0 Å². The number of nitrogens with zero attached hydrogens (tertiary/aromatic N) is 2. The van der Waals surface area contributed by atoms with Crippen LogP contribution in [0.1, 0.15) is 30.0 Å². The molecule has 1 heterocycles. The molecule has 0 aliphatic carbocycles. The van der Waals surface area contributed by atoms with Crippen LogP contribution < -0.4 is 5.73 Å². The van der Waals surface area contributed by atoms with Crippen molar-refractivity contribution in [2.45, 2.75) is 30.9 Å². The zero-order valence-corrected chi connectivity index (χ0v) is 11.9. The predicted molar refractivity (Wildman–Crippen MR) is 74.9 cm³/mol. The molecule has 0 aliphatic rings. The molecule has 0 saturated heterocycles. The molecule has 2 rings (SSSR count).